The van der Waals surface area contributed by atoms with E-state index >= 15 is 0 Å². The molecule has 0 atom stereocenters. The highest BCUT2D eigenvalue weighted by atomic mass is 19.1. The van der Waals surface area contributed by atoms with E-state index in [9.17, 15) is 4.39 Å². The largest absolute Gasteiger partial charge is 0.461 e. The molecule has 1 aromatic heterocycles. The van der Waals surface area contributed by atoms with Gasteiger partial charge in [-0.15, -0.1) is 0 Å². The van der Waals surface area contributed by atoms with E-state index in [1.807, 2.05) is 6.07 Å². The Hall–Kier alpha value is -1.35. The van der Waals surface area contributed by atoms with Crippen LogP contribution in [0.25, 0.3) is 11.0 Å². The quantitative estimate of drug-likeness (QED) is 0.785. The molecule has 0 aliphatic heterocycles. The van der Waals surface area contributed by atoms with Crippen LogP contribution in [0.5, 0.6) is 0 Å². The zero-order valence-corrected chi connectivity index (χ0v) is 9.42. The van der Waals surface area contributed by atoms with Gasteiger partial charge in [0.05, 0.1) is 0 Å². The lowest BCUT2D eigenvalue weighted by Gasteiger charge is -1.99. The van der Waals surface area contributed by atoms with Crippen LogP contribution in [0.2, 0.25) is 0 Å². The molecule has 0 amide bonds. The van der Waals surface area contributed by atoms with E-state index in [2.05, 4.69) is 12.2 Å². The molecule has 86 valence electrons. The van der Waals surface area contributed by atoms with Crippen LogP contribution in [-0.4, -0.2) is 13.1 Å². The van der Waals surface area contributed by atoms with E-state index in [0.29, 0.717) is 0 Å². The molecule has 2 aromatic rings. The predicted octanol–water partition coefficient (Wildman–Crippen LogP) is 3.11. The summed E-state index contributed by atoms with van der Waals surface area (Å²) in [5.41, 5.74) is 0.756. The maximum Gasteiger partial charge on any atom is 0.134 e. The van der Waals surface area contributed by atoms with Gasteiger partial charge in [-0.1, -0.05) is 6.92 Å². The van der Waals surface area contributed by atoms with E-state index in [4.69, 9.17) is 4.42 Å². The smallest absolute Gasteiger partial charge is 0.134 e. The molecule has 3 heteroatoms. The van der Waals surface area contributed by atoms with Gasteiger partial charge < -0.3 is 9.73 Å². The summed E-state index contributed by atoms with van der Waals surface area (Å²) in [6.45, 7) is 4.06. The first-order valence-electron chi connectivity index (χ1n) is 5.68. The molecule has 1 heterocycles. The lowest BCUT2D eigenvalue weighted by atomic mass is 10.2. The van der Waals surface area contributed by atoms with Gasteiger partial charge in [0.15, 0.2) is 0 Å². The summed E-state index contributed by atoms with van der Waals surface area (Å²) in [5, 5.41) is 4.14. The summed E-state index contributed by atoms with van der Waals surface area (Å²) in [7, 11) is 0. The van der Waals surface area contributed by atoms with Gasteiger partial charge in [0.25, 0.3) is 0 Å². The zero-order valence-electron chi connectivity index (χ0n) is 9.42. The minimum Gasteiger partial charge on any atom is -0.461 e. The van der Waals surface area contributed by atoms with E-state index in [1.165, 1.54) is 12.1 Å². The minimum atomic E-state index is -0.219. The Morgan fingerprint density at radius 1 is 1.25 bits per heavy atom. The van der Waals surface area contributed by atoms with Crippen molar-refractivity contribution in [3.63, 3.8) is 0 Å². The van der Waals surface area contributed by atoms with Gasteiger partial charge in [-0.25, -0.2) is 4.39 Å². The van der Waals surface area contributed by atoms with Crippen LogP contribution < -0.4 is 5.32 Å². The molecule has 2 rings (SSSR count). The van der Waals surface area contributed by atoms with Gasteiger partial charge in [-0.2, -0.15) is 0 Å². The molecule has 0 spiro atoms. The van der Waals surface area contributed by atoms with Crippen LogP contribution >= 0.6 is 0 Å². The van der Waals surface area contributed by atoms with Crippen molar-refractivity contribution in [2.45, 2.75) is 19.8 Å². The fourth-order valence-corrected chi connectivity index (χ4v) is 1.71. The number of hydrogen-bond donors (Lipinski definition) is 1. The van der Waals surface area contributed by atoms with E-state index in [-0.39, 0.29) is 5.82 Å². The third kappa shape index (κ3) is 2.61. The van der Waals surface area contributed by atoms with Gasteiger partial charge in [-0.3, -0.25) is 0 Å². The first kappa shape index (κ1) is 11.1. The van der Waals surface area contributed by atoms with Crippen LogP contribution in [0.4, 0.5) is 4.39 Å². The number of nitrogens with one attached hydrogen (secondary N) is 1. The van der Waals surface area contributed by atoms with Crippen molar-refractivity contribution in [2.75, 3.05) is 13.1 Å². The summed E-state index contributed by atoms with van der Waals surface area (Å²) >= 11 is 0. The first-order valence-corrected chi connectivity index (χ1v) is 5.68. The van der Waals surface area contributed by atoms with Crippen molar-refractivity contribution in [3.8, 4) is 0 Å². The van der Waals surface area contributed by atoms with E-state index in [0.717, 1.165) is 42.7 Å². The van der Waals surface area contributed by atoms with Crippen molar-refractivity contribution >= 4 is 11.0 Å². The van der Waals surface area contributed by atoms with Crippen molar-refractivity contribution in [1.29, 1.82) is 0 Å². The highest BCUT2D eigenvalue weighted by Gasteiger charge is 2.04. The minimum absolute atomic E-state index is 0.219. The number of furan rings is 1. The van der Waals surface area contributed by atoms with E-state index < -0.39 is 0 Å². The highest BCUT2D eigenvalue weighted by Crippen LogP contribution is 2.20. The van der Waals surface area contributed by atoms with Crippen LogP contribution in [0.3, 0.4) is 0 Å². The molecule has 0 fully saturated rings. The maximum absolute atomic E-state index is 12.9. The fraction of sp³-hybridized carbons (Fsp3) is 0.385. The van der Waals surface area contributed by atoms with Crippen LogP contribution in [-0.2, 0) is 6.42 Å². The number of benzene rings is 1. The molecular formula is C13H16FNO. The summed E-state index contributed by atoms with van der Waals surface area (Å²) in [6.07, 6.45) is 1.97. The molecule has 2 nitrogen and oxygen atoms in total. The monoisotopic (exact) mass is 221 g/mol. The van der Waals surface area contributed by atoms with Crippen LogP contribution in [0.15, 0.2) is 28.7 Å². The third-order valence-electron chi connectivity index (χ3n) is 2.50. The molecule has 1 N–H and O–H groups in total. The molecule has 0 aliphatic rings. The Balaban J connectivity index is 2.02. The fourth-order valence-electron chi connectivity index (χ4n) is 1.71. The number of hydrogen-bond acceptors (Lipinski definition) is 2. The molecule has 0 aliphatic carbocycles. The molecule has 0 unspecified atom stereocenters. The second-order valence-electron chi connectivity index (χ2n) is 3.89. The Labute approximate surface area is 94.4 Å². The van der Waals surface area contributed by atoms with Crippen molar-refractivity contribution in [3.05, 3.63) is 35.8 Å². The lowest BCUT2D eigenvalue weighted by molar-refractivity contribution is 0.532. The Bertz CT molecular complexity index is 464. The van der Waals surface area contributed by atoms with Crippen molar-refractivity contribution in [2.24, 2.45) is 0 Å². The van der Waals surface area contributed by atoms with Crippen molar-refractivity contribution < 1.29 is 8.81 Å². The summed E-state index contributed by atoms with van der Waals surface area (Å²) in [4.78, 5) is 0. The molecule has 0 saturated carbocycles. The maximum atomic E-state index is 12.9. The molecule has 0 radical (unpaired) electrons. The van der Waals surface area contributed by atoms with E-state index in [1.54, 1.807) is 6.07 Å². The third-order valence-corrected chi connectivity index (χ3v) is 2.50. The number of rotatable bonds is 5. The second kappa shape index (κ2) is 5.12. The molecule has 0 saturated heterocycles. The van der Waals surface area contributed by atoms with Gasteiger partial charge in [-0.05, 0) is 37.2 Å². The van der Waals surface area contributed by atoms with Gasteiger partial charge >= 0.3 is 0 Å². The standard InChI is InChI=1S/C13H16FNO/c1-2-6-15-7-5-12-9-10-8-11(14)3-4-13(10)16-12/h3-4,8-9,15H,2,5-7H2,1H3. The average Bonchev–Trinajstić information content (AvgIpc) is 2.66. The average molecular weight is 221 g/mol. The van der Waals surface area contributed by atoms with Crippen LogP contribution in [0.1, 0.15) is 19.1 Å². The Morgan fingerprint density at radius 3 is 2.94 bits per heavy atom. The molecule has 16 heavy (non-hydrogen) atoms. The Morgan fingerprint density at radius 2 is 2.12 bits per heavy atom. The van der Waals surface area contributed by atoms with Crippen LogP contribution in [0, 0.1) is 5.82 Å². The summed E-state index contributed by atoms with van der Waals surface area (Å²) < 4.78 is 18.5. The van der Waals surface area contributed by atoms with Gasteiger partial charge in [0, 0.05) is 18.4 Å². The molecular weight excluding hydrogens is 205 g/mol. The number of fused-ring (bicyclic) bond motifs is 1. The molecule has 1 aromatic carbocycles. The van der Waals surface area contributed by atoms with Gasteiger partial charge in [0.2, 0.25) is 0 Å². The second-order valence-corrected chi connectivity index (χ2v) is 3.89. The topological polar surface area (TPSA) is 25.2 Å². The highest BCUT2D eigenvalue weighted by molar-refractivity contribution is 5.77. The first-order chi connectivity index (χ1) is 7.79. The van der Waals surface area contributed by atoms with Gasteiger partial charge in [0.1, 0.15) is 17.2 Å². The number of halogens is 1. The summed E-state index contributed by atoms with van der Waals surface area (Å²) in [6, 6.07) is 6.51. The molecule has 0 bridgehead atoms. The SMILES string of the molecule is CCCNCCc1cc2cc(F)ccc2o1. The zero-order chi connectivity index (χ0) is 11.4. The Kier molecular flexibility index (Phi) is 3.57. The normalized spacial score (nSPS) is 11.1. The predicted molar refractivity (Wildman–Crippen MR) is 63.0 cm³/mol. The van der Waals surface area contributed by atoms with Crippen molar-refractivity contribution in [1.82, 2.24) is 5.32 Å². The lowest BCUT2D eigenvalue weighted by Crippen LogP contribution is -2.17. The summed E-state index contributed by atoms with van der Waals surface area (Å²) in [5.74, 6) is 0.688.